The smallest absolute Gasteiger partial charge is 0.0411 e. The zero-order chi connectivity index (χ0) is 12.2. The molecule has 0 aromatic carbocycles. The molecule has 1 aromatic rings. The second-order valence-electron chi connectivity index (χ2n) is 6.54. The van der Waals surface area contributed by atoms with Crippen LogP contribution >= 0.6 is 27.7 Å². The minimum absolute atomic E-state index is 0.553. The molecular formula is C15H18BrNS. The van der Waals surface area contributed by atoms with E-state index in [0.29, 0.717) is 4.75 Å². The zero-order valence-corrected chi connectivity index (χ0v) is 12.8. The van der Waals surface area contributed by atoms with Crippen molar-refractivity contribution in [2.45, 2.75) is 48.2 Å². The van der Waals surface area contributed by atoms with Gasteiger partial charge < -0.3 is 0 Å². The Labute approximate surface area is 121 Å². The molecule has 0 radical (unpaired) electrons. The molecule has 1 heterocycles. The molecule has 0 unspecified atom stereocenters. The van der Waals surface area contributed by atoms with Crippen molar-refractivity contribution in [3.8, 4) is 0 Å². The van der Waals surface area contributed by atoms with E-state index >= 15 is 0 Å². The number of rotatable bonds is 2. The topological polar surface area (TPSA) is 12.9 Å². The van der Waals surface area contributed by atoms with Crippen LogP contribution < -0.4 is 0 Å². The maximum atomic E-state index is 4.31. The summed E-state index contributed by atoms with van der Waals surface area (Å²) in [5.41, 5.74) is 0. The fraction of sp³-hybridized carbons (Fsp3) is 0.667. The van der Waals surface area contributed by atoms with Gasteiger partial charge in [0.2, 0.25) is 0 Å². The molecule has 4 fully saturated rings. The molecule has 0 aliphatic heterocycles. The lowest BCUT2D eigenvalue weighted by Crippen LogP contribution is -2.48. The van der Waals surface area contributed by atoms with Crippen molar-refractivity contribution in [1.29, 1.82) is 0 Å². The van der Waals surface area contributed by atoms with Crippen molar-refractivity contribution in [2.75, 3.05) is 0 Å². The van der Waals surface area contributed by atoms with E-state index in [9.17, 15) is 0 Å². The van der Waals surface area contributed by atoms with Crippen LogP contribution in [0.3, 0.4) is 0 Å². The monoisotopic (exact) mass is 323 g/mol. The van der Waals surface area contributed by atoms with Gasteiger partial charge in [-0.15, -0.1) is 11.8 Å². The molecule has 0 saturated heterocycles. The molecule has 1 aromatic heterocycles. The first-order valence-corrected chi connectivity index (χ1v) is 8.61. The summed E-state index contributed by atoms with van der Waals surface area (Å²) in [6.45, 7) is 0. The van der Waals surface area contributed by atoms with Gasteiger partial charge in [0.25, 0.3) is 0 Å². The van der Waals surface area contributed by atoms with Crippen LogP contribution in [0, 0.1) is 17.8 Å². The number of hydrogen-bond donors (Lipinski definition) is 0. The van der Waals surface area contributed by atoms with Crippen LogP contribution in [-0.2, 0) is 0 Å². The van der Waals surface area contributed by atoms with E-state index in [1.165, 1.54) is 43.4 Å². The molecule has 4 aliphatic rings. The highest BCUT2D eigenvalue weighted by Gasteiger charge is 2.51. The molecule has 4 aliphatic carbocycles. The highest BCUT2D eigenvalue weighted by molar-refractivity contribution is 9.10. The molecule has 18 heavy (non-hydrogen) atoms. The van der Waals surface area contributed by atoms with Gasteiger partial charge in [-0.1, -0.05) is 0 Å². The van der Waals surface area contributed by atoms with Crippen LogP contribution in [0.2, 0.25) is 0 Å². The summed E-state index contributed by atoms with van der Waals surface area (Å²) >= 11 is 5.66. The van der Waals surface area contributed by atoms with Crippen LogP contribution in [-0.4, -0.2) is 9.73 Å². The van der Waals surface area contributed by atoms with Crippen LogP contribution in [0.1, 0.15) is 38.5 Å². The molecule has 0 N–H and O–H groups in total. The van der Waals surface area contributed by atoms with Crippen LogP contribution in [0.15, 0.2) is 27.8 Å². The minimum Gasteiger partial charge on any atom is -0.262 e. The minimum atomic E-state index is 0.553. The van der Waals surface area contributed by atoms with E-state index in [0.717, 1.165) is 22.2 Å². The molecule has 0 atom stereocenters. The first kappa shape index (κ1) is 11.8. The van der Waals surface area contributed by atoms with E-state index in [4.69, 9.17) is 0 Å². The summed E-state index contributed by atoms with van der Waals surface area (Å²) in [5.74, 6) is 3.09. The lowest BCUT2D eigenvalue weighted by molar-refractivity contribution is 0.0383. The Hall–Kier alpha value is -0.0200. The average Bonchev–Trinajstić information content (AvgIpc) is 2.25. The van der Waals surface area contributed by atoms with E-state index in [1.807, 2.05) is 12.4 Å². The highest BCUT2D eigenvalue weighted by atomic mass is 79.9. The number of nitrogens with zero attached hydrogens (tertiary/aromatic N) is 1. The van der Waals surface area contributed by atoms with Crippen LogP contribution in [0.5, 0.6) is 0 Å². The summed E-state index contributed by atoms with van der Waals surface area (Å²) in [7, 11) is 0. The van der Waals surface area contributed by atoms with E-state index in [-0.39, 0.29) is 0 Å². The van der Waals surface area contributed by atoms with E-state index in [2.05, 4.69) is 38.7 Å². The Balaban J connectivity index is 1.60. The third-order valence-electron chi connectivity index (χ3n) is 5.00. The molecular weight excluding hydrogens is 306 g/mol. The SMILES string of the molecule is Brc1cncc(SC23CC4CC(CC(C4)C2)C3)c1. The van der Waals surface area contributed by atoms with Crippen molar-refractivity contribution in [2.24, 2.45) is 17.8 Å². The van der Waals surface area contributed by atoms with Gasteiger partial charge >= 0.3 is 0 Å². The summed E-state index contributed by atoms with van der Waals surface area (Å²) in [4.78, 5) is 5.67. The number of hydrogen-bond acceptors (Lipinski definition) is 2. The van der Waals surface area contributed by atoms with Gasteiger partial charge in [-0.3, -0.25) is 4.98 Å². The average molecular weight is 324 g/mol. The highest BCUT2D eigenvalue weighted by Crippen LogP contribution is 2.61. The van der Waals surface area contributed by atoms with Crippen LogP contribution in [0.4, 0.5) is 0 Å². The standard InChI is InChI=1S/C15H18BrNS/c16-13-4-14(9-17-8-13)18-15-5-10-1-11(6-15)3-12(2-10)7-15/h4,8-12H,1-3,5-7H2. The van der Waals surface area contributed by atoms with Gasteiger partial charge in [-0.25, -0.2) is 0 Å². The summed E-state index contributed by atoms with van der Waals surface area (Å²) < 4.78 is 1.66. The van der Waals surface area contributed by atoms with Gasteiger partial charge in [0.05, 0.1) is 0 Å². The zero-order valence-electron chi connectivity index (χ0n) is 10.4. The third kappa shape index (κ3) is 2.03. The number of aromatic nitrogens is 1. The first-order valence-electron chi connectivity index (χ1n) is 7.00. The number of thioether (sulfide) groups is 1. The normalized spacial score (nSPS) is 41.3. The molecule has 5 rings (SSSR count). The van der Waals surface area contributed by atoms with Crippen molar-refractivity contribution in [3.05, 3.63) is 22.9 Å². The lowest BCUT2D eigenvalue weighted by Gasteiger charge is -2.56. The van der Waals surface area contributed by atoms with Crippen molar-refractivity contribution in [1.82, 2.24) is 4.98 Å². The van der Waals surface area contributed by atoms with Gasteiger partial charge in [0.1, 0.15) is 0 Å². The molecule has 96 valence electrons. The quantitative estimate of drug-likeness (QED) is 0.767. The Morgan fingerprint density at radius 3 is 2.22 bits per heavy atom. The summed E-state index contributed by atoms with van der Waals surface area (Å²) in [5, 5.41) is 0. The maximum absolute atomic E-state index is 4.31. The Kier molecular flexibility index (Phi) is 2.77. The second-order valence-corrected chi connectivity index (χ2v) is 9.00. The van der Waals surface area contributed by atoms with Crippen molar-refractivity contribution >= 4 is 27.7 Å². The van der Waals surface area contributed by atoms with Gasteiger partial charge in [0.15, 0.2) is 0 Å². The lowest BCUT2D eigenvalue weighted by atomic mass is 9.56. The molecule has 0 amide bonds. The molecule has 4 saturated carbocycles. The van der Waals surface area contributed by atoms with E-state index < -0.39 is 0 Å². The molecule has 0 spiro atoms. The fourth-order valence-electron chi connectivity index (χ4n) is 4.85. The third-order valence-corrected chi connectivity index (χ3v) is 6.82. The van der Waals surface area contributed by atoms with Crippen molar-refractivity contribution in [3.63, 3.8) is 0 Å². The van der Waals surface area contributed by atoms with E-state index in [1.54, 1.807) is 0 Å². The second kappa shape index (κ2) is 4.24. The van der Waals surface area contributed by atoms with Gasteiger partial charge in [0, 0.05) is 26.5 Å². The predicted octanol–water partition coefficient (Wildman–Crippen LogP) is 4.91. The first-order chi connectivity index (χ1) is 8.71. The molecule has 3 heteroatoms. The number of halogens is 1. The largest absolute Gasteiger partial charge is 0.262 e. The van der Waals surface area contributed by atoms with Crippen molar-refractivity contribution < 1.29 is 0 Å². The van der Waals surface area contributed by atoms with Crippen LogP contribution in [0.25, 0.3) is 0 Å². The summed E-state index contributed by atoms with van der Waals surface area (Å²) in [6.07, 6.45) is 12.9. The van der Waals surface area contributed by atoms with Gasteiger partial charge in [-0.05, 0) is 78.3 Å². The molecule has 1 nitrogen and oxygen atoms in total. The molecule has 4 bridgehead atoms. The summed E-state index contributed by atoms with van der Waals surface area (Å²) in [6, 6.07) is 2.23. The Morgan fingerprint density at radius 1 is 1.06 bits per heavy atom. The fourth-order valence-corrected chi connectivity index (χ4v) is 7.13. The number of pyridine rings is 1. The predicted molar refractivity (Wildman–Crippen MR) is 78.7 cm³/mol. The Morgan fingerprint density at radius 2 is 1.67 bits per heavy atom. The Bertz CT molecular complexity index is 438. The maximum Gasteiger partial charge on any atom is 0.0411 e. The van der Waals surface area contributed by atoms with Gasteiger partial charge in [-0.2, -0.15) is 0 Å².